The van der Waals surface area contributed by atoms with Crippen LogP contribution in [0.15, 0.2) is 46.1 Å². The molecule has 15 heteroatoms. The molecule has 2 heterocycles. The maximum atomic E-state index is 13.6. The lowest BCUT2D eigenvalue weighted by Crippen LogP contribution is -2.40. The van der Waals surface area contributed by atoms with Crippen molar-refractivity contribution < 1.29 is 37.4 Å². The van der Waals surface area contributed by atoms with E-state index in [0.717, 1.165) is 29.0 Å². The number of aromatic nitrogens is 2. The molecule has 1 aromatic carbocycles. The van der Waals surface area contributed by atoms with Gasteiger partial charge in [-0.1, -0.05) is 34.5 Å². The maximum Gasteiger partial charge on any atom is 0.380 e. The smallest absolute Gasteiger partial charge is 0.380 e. The molecule has 3 rings (SSSR count). The van der Waals surface area contributed by atoms with E-state index in [2.05, 4.69) is 20.9 Å². The highest BCUT2D eigenvalue weighted by Gasteiger charge is 2.55. The van der Waals surface area contributed by atoms with Gasteiger partial charge in [-0.2, -0.15) is 0 Å². The number of carbonyl (C=O) groups excluding carboxylic acids is 1. The van der Waals surface area contributed by atoms with Crippen LogP contribution in [0.4, 0.5) is 4.39 Å². The first kappa shape index (κ1) is 28.5. The van der Waals surface area contributed by atoms with E-state index in [4.69, 9.17) is 30.1 Å². The number of hydrogen-bond donors (Lipinski definition) is 2. The number of aliphatic hydroxyl groups excluding tert-OH is 1. The van der Waals surface area contributed by atoms with E-state index in [9.17, 15) is 28.4 Å². The van der Waals surface area contributed by atoms with Crippen molar-refractivity contribution in [2.75, 3.05) is 19.4 Å². The number of hydrogen-bond acceptors (Lipinski definition) is 9. The molecule has 2 aromatic rings. The van der Waals surface area contributed by atoms with Gasteiger partial charge in [0.15, 0.2) is 10.0 Å². The largest absolute Gasteiger partial charge is 0.466 e. The fourth-order valence-corrected chi connectivity index (χ4v) is 6.16. The summed E-state index contributed by atoms with van der Waals surface area (Å²) in [5.74, 6) is -2.03. The minimum atomic E-state index is -4.11. The third-order valence-corrected chi connectivity index (χ3v) is 8.46. The minimum Gasteiger partial charge on any atom is -0.466 e. The number of halogens is 3. The Morgan fingerprint density at radius 1 is 1.36 bits per heavy atom. The Hall–Kier alpha value is -2.02. The summed E-state index contributed by atoms with van der Waals surface area (Å²) in [6.07, 6.45) is -3.24. The normalized spacial score (nSPS) is 26.2. The van der Waals surface area contributed by atoms with Gasteiger partial charge in [0.2, 0.25) is 0 Å². The topological polar surface area (TPSA) is 146 Å². The van der Waals surface area contributed by atoms with Gasteiger partial charge in [0.25, 0.3) is 5.56 Å². The lowest BCUT2D eigenvalue weighted by molar-refractivity contribution is -0.146. The van der Waals surface area contributed by atoms with E-state index < -0.39 is 71.5 Å². The fraction of sp³-hybridized carbons (Fsp3) is 0.476. The number of rotatable bonds is 10. The Labute approximate surface area is 218 Å². The Morgan fingerprint density at radius 3 is 2.64 bits per heavy atom. The van der Waals surface area contributed by atoms with Crippen molar-refractivity contribution >= 4 is 41.1 Å². The average Bonchev–Trinajstić information content (AvgIpc) is 3.03. The van der Waals surface area contributed by atoms with E-state index in [1.54, 1.807) is 6.92 Å². The predicted molar refractivity (Wildman–Crippen MR) is 130 cm³/mol. The standard InChI is InChI=1S/C21H24BrClFN2O9P/c1-3-32-18(29)12(2)11-36(31,35-14-6-4-13(24)5-7-14)33-10-15-17(28)21(22,23)19(34-15)26-9-8-16(27)25-20(26)30/h4-9,12,15,17,19,28H,3,10-11H2,1-2H3,(H,25,27,30)/t12-,15-,17-,19-,21+,36?/m1/s1. The van der Waals surface area contributed by atoms with Gasteiger partial charge in [0, 0.05) is 12.3 Å². The van der Waals surface area contributed by atoms with Crippen LogP contribution in [0, 0.1) is 11.7 Å². The highest BCUT2D eigenvalue weighted by molar-refractivity contribution is 9.10. The summed E-state index contributed by atoms with van der Waals surface area (Å²) in [6, 6.07) is 5.74. The molecule has 0 radical (unpaired) electrons. The molecule has 2 N–H and O–H groups in total. The molecule has 198 valence electrons. The number of carbonyl (C=O) groups is 1. The summed E-state index contributed by atoms with van der Waals surface area (Å²) >= 11 is 9.57. The van der Waals surface area contributed by atoms with Crippen LogP contribution in [0.5, 0.6) is 5.75 Å². The molecular formula is C21H24BrClFN2O9P. The van der Waals surface area contributed by atoms with Gasteiger partial charge < -0.3 is 19.1 Å². The van der Waals surface area contributed by atoms with E-state index in [1.165, 1.54) is 19.1 Å². The molecule has 1 aliphatic heterocycles. The zero-order chi connectivity index (χ0) is 26.7. The minimum absolute atomic E-state index is 0.0218. The van der Waals surface area contributed by atoms with Crippen molar-refractivity contribution in [3.63, 3.8) is 0 Å². The molecule has 1 aromatic heterocycles. The van der Waals surface area contributed by atoms with Crippen molar-refractivity contribution in [1.82, 2.24) is 9.55 Å². The number of esters is 1. The van der Waals surface area contributed by atoms with Gasteiger partial charge in [0.05, 0.1) is 25.3 Å². The van der Waals surface area contributed by atoms with Crippen molar-refractivity contribution in [3.05, 3.63) is 63.2 Å². The van der Waals surface area contributed by atoms with E-state index >= 15 is 0 Å². The summed E-state index contributed by atoms with van der Waals surface area (Å²) in [5.41, 5.74) is -1.47. The number of alkyl halides is 2. The predicted octanol–water partition coefficient (Wildman–Crippen LogP) is 2.75. The molecule has 0 spiro atoms. The number of ether oxygens (including phenoxy) is 2. The van der Waals surface area contributed by atoms with Crippen LogP contribution in [0.3, 0.4) is 0 Å². The summed E-state index contributed by atoms with van der Waals surface area (Å²) < 4.78 is 47.9. The zero-order valence-electron chi connectivity index (χ0n) is 19.1. The van der Waals surface area contributed by atoms with Crippen molar-refractivity contribution in [2.45, 2.75) is 36.1 Å². The molecule has 1 unspecified atom stereocenters. The zero-order valence-corrected chi connectivity index (χ0v) is 22.4. The number of aliphatic hydroxyl groups is 1. The number of nitrogens with one attached hydrogen (secondary N) is 1. The lowest BCUT2D eigenvalue weighted by Gasteiger charge is -2.25. The summed E-state index contributed by atoms with van der Waals surface area (Å²) in [5, 5.41) is 10.7. The first-order chi connectivity index (χ1) is 16.9. The van der Waals surface area contributed by atoms with Crippen LogP contribution < -0.4 is 15.8 Å². The average molecular weight is 614 g/mol. The Balaban J connectivity index is 1.81. The third kappa shape index (κ3) is 6.64. The molecule has 1 saturated heterocycles. The Bertz CT molecular complexity index is 1240. The van der Waals surface area contributed by atoms with Gasteiger partial charge in [-0.25, -0.2) is 13.8 Å². The summed E-state index contributed by atoms with van der Waals surface area (Å²) in [7, 11) is -4.11. The molecule has 1 fully saturated rings. The first-order valence-corrected chi connectivity index (χ1v) is 13.6. The van der Waals surface area contributed by atoms with Crippen LogP contribution >= 0.6 is 35.1 Å². The second kappa shape index (κ2) is 11.6. The second-order valence-electron chi connectivity index (χ2n) is 7.95. The molecule has 36 heavy (non-hydrogen) atoms. The maximum absolute atomic E-state index is 13.6. The van der Waals surface area contributed by atoms with Crippen molar-refractivity contribution in [1.29, 1.82) is 0 Å². The van der Waals surface area contributed by atoms with E-state index in [1.807, 2.05) is 0 Å². The quantitative estimate of drug-likeness (QED) is 0.235. The van der Waals surface area contributed by atoms with Crippen LogP contribution in [-0.2, 0) is 23.4 Å². The summed E-state index contributed by atoms with van der Waals surface area (Å²) in [4.78, 5) is 37.8. The molecule has 1 aliphatic rings. The molecule has 6 atom stereocenters. The molecule has 11 nitrogen and oxygen atoms in total. The lowest BCUT2D eigenvalue weighted by atomic mass is 10.2. The molecule has 0 saturated carbocycles. The van der Waals surface area contributed by atoms with Gasteiger partial charge in [-0.15, -0.1) is 0 Å². The Kier molecular flexibility index (Phi) is 9.18. The van der Waals surface area contributed by atoms with Crippen molar-refractivity contribution in [2.24, 2.45) is 5.92 Å². The molecule has 0 aliphatic carbocycles. The van der Waals surface area contributed by atoms with E-state index in [0.29, 0.717) is 0 Å². The van der Waals surface area contributed by atoms with Crippen LogP contribution in [0.25, 0.3) is 0 Å². The summed E-state index contributed by atoms with van der Waals surface area (Å²) in [6.45, 7) is 2.69. The fourth-order valence-electron chi connectivity index (χ4n) is 3.37. The molecule has 0 bridgehead atoms. The highest BCUT2D eigenvalue weighted by Crippen LogP contribution is 2.52. The van der Waals surface area contributed by atoms with Crippen LogP contribution in [-0.4, -0.2) is 56.0 Å². The number of aromatic amines is 1. The third-order valence-electron chi connectivity index (χ3n) is 5.16. The SMILES string of the molecule is CCOC(=O)[C@H](C)CP(=O)(OC[C@H]1O[C@@H](n2ccc(=O)[nH]c2=O)[C@](Cl)(Br)[C@@H]1O)Oc1ccc(F)cc1. The number of H-pyrrole nitrogens is 1. The van der Waals surface area contributed by atoms with Gasteiger partial charge in [-0.3, -0.25) is 23.7 Å². The van der Waals surface area contributed by atoms with E-state index in [-0.39, 0.29) is 12.4 Å². The van der Waals surface area contributed by atoms with Gasteiger partial charge >= 0.3 is 19.3 Å². The van der Waals surface area contributed by atoms with Gasteiger partial charge in [-0.05, 0) is 31.2 Å². The van der Waals surface area contributed by atoms with Crippen LogP contribution in [0.1, 0.15) is 20.1 Å². The highest BCUT2D eigenvalue weighted by atomic mass is 79.9. The molecular weight excluding hydrogens is 590 g/mol. The van der Waals surface area contributed by atoms with Crippen LogP contribution in [0.2, 0.25) is 0 Å². The second-order valence-corrected chi connectivity index (χ2v) is 12.4. The number of benzene rings is 1. The number of nitrogens with zero attached hydrogens (tertiary/aromatic N) is 1. The monoisotopic (exact) mass is 612 g/mol. The van der Waals surface area contributed by atoms with Crippen molar-refractivity contribution in [3.8, 4) is 5.75 Å². The molecule has 0 amide bonds. The first-order valence-electron chi connectivity index (χ1n) is 10.7. The Morgan fingerprint density at radius 2 is 2.03 bits per heavy atom. The van der Waals surface area contributed by atoms with Gasteiger partial charge in [0.1, 0.15) is 23.8 Å².